The normalized spacial score (nSPS) is 10.4. The van der Waals surface area contributed by atoms with Crippen molar-refractivity contribution in [1.29, 1.82) is 0 Å². The number of benzene rings is 1. The zero-order valence-electron chi connectivity index (χ0n) is 12.4. The van der Waals surface area contributed by atoms with E-state index in [4.69, 9.17) is 4.74 Å². The van der Waals surface area contributed by atoms with E-state index in [0.29, 0.717) is 5.88 Å². The minimum absolute atomic E-state index is 0.176. The van der Waals surface area contributed by atoms with E-state index in [1.54, 1.807) is 18.2 Å². The lowest BCUT2D eigenvalue weighted by molar-refractivity contribution is 0.421. The summed E-state index contributed by atoms with van der Waals surface area (Å²) >= 11 is 0. The molecule has 0 aliphatic heterocycles. The van der Waals surface area contributed by atoms with Crippen molar-refractivity contribution in [2.24, 2.45) is 0 Å². The second kappa shape index (κ2) is 7.57. The van der Waals surface area contributed by atoms with Crippen LogP contribution in [0.4, 0.5) is 10.2 Å². The van der Waals surface area contributed by atoms with Gasteiger partial charge in [0, 0.05) is 6.54 Å². The fraction of sp³-hybridized carbons (Fsp3) is 0.375. The Morgan fingerprint density at radius 2 is 1.95 bits per heavy atom. The molecule has 0 radical (unpaired) electrons. The molecule has 0 saturated heterocycles. The molecule has 1 N–H and O–H groups in total. The fourth-order valence-electron chi connectivity index (χ4n) is 1.99. The minimum atomic E-state index is -0.401. The Kier molecular flexibility index (Phi) is 5.49. The third kappa shape index (κ3) is 3.90. The van der Waals surface area contributed by atoms with Crippen molar-refractivity contribution in [3.63, 3.8) is 0 Å². The second-order valence-corrected chi connectivity index (χ2v) is 4.72. The van der Waals surface area contributed by atoms with Crippen LogP contribution in [0, 0.1) is 5.82 Å². The van der Waals surface area contributed by atoms with Gasteiger partial charge in [-0.3, -0.25) is 0 Å². The fourth-order valence-corrected chi connectivity index (χ4v) is 1.99. The van der Waals surface area contributed by atoms with Gasteiger partial charge in [-0.2, -0.15) is 0 Å². The Hall–Kier alpha value is -2.17. The van der Waals surface area contributed by atoms with E-state index in [1.807, 2.05) is 0 Å². The van der Waals surface area contributed by atoms with Gasteiger partial charge >= 0.3 is 0 Å². The largest absolute Gasteiger partial charge is 0.435 e. The maximum absolute atomic E-state index is 13.7. The Morgan fingerprint density at radius 3 is 2.67 bits per heavy atom. The topological polar surface area (TPSA) is 47.0 Å². The van der Waals surface area contributed by atoms with E-state index in [0.717, 1.165) is 37.2 Å². The van der Waals surface area contributed by atoms with Gasteiger partial charge < -0.3 is 10.1 Å². The number of hydrogen-bond donors (Lipinski definition) is 1. The lowest BCUT2D eigenvalue weighted by atomic mass is 10.1. The van der Waals surface area contributed by atoms with Gasteiger partial charge in [0.05, 0.1) is 5.56 Å². The quantitative estimate of drug-likeness (QED) is 0.830. The minimum Gasteiger partial charge on any atom is -0.435 e. The first kappa shape index (κ1) is 15.2. The molecular weight excluding hydrogens is 269 g/mol. The average Bonchev–Trinajstić information content (AvgIpc) is 2.50. The number of nitrogens with zero attached hydrogens (tertiary/aromatic N) is 2. The lowest BCUT2D eigenvalue weighted by Gasteiger charge is -2.14. The molecule has 4 nitrogen and oxygen atoms in total. The summed E-state index contributed by atoms with van der Waals surface area (Å²) in [5.41, 5.74) is 0.886. The van der Waals surface area contributed by atoms with Crippen LogP contribution in [0.2, 0.25) is 0 Å². The smallest absolute Gasteiger partial charge is 0.227 e. The lowest BCUT2D eigenvalue weighted by Crippen LogP contribution is -2.08. The van der Waals surface area contributed by atoms with Crippen molar-refractivity contribution in [1.82, 2.24) is 9.97 Å². The van der Waals surface area contributed by atoms with Crippen LogP contribution in [-0.2, 0) is 6.42 Å². The third-order valence-corrected chi connectivity index (χ3v) is 2.99. The first-order chi connectivity index (χ1) is 10.3. The van der Waals surface area contributed by atoms with Gasteiger partial charge in [0.25, 0.3) is 0 Å². The molecule has 0 saturated carbocycles. The molecule has 0 atom stereocenters. The Bertz CT molecular complexity index is 589. The maximum Gasteiger partial charge on any atom is 0.227 e. The van der Waals surface area contributed by atoms with E-state index in [9.17, 15) is 4.39 Å². The van der Waals surface area contributed by atoms with Gasteiger partial charge in [-0.1, -0.05) is 32.4 Å². The molecule has 0 aliphatic carbocycles. The number of hydrogen-bond acceptors (Lipinski definition) is 4. The molecule has 1 heterocycles. The Morgan fingerprint density at radius 1 is 1.14 bits per heavy atom. The molecule has 112 valence electrons. The zero-order chi connectivity index (χ0) is 15.1. The predicted octanol–water partition coefficient (Wildman–Crippen LogP) is 4.18. The first-order valence-corrected chi connectivity index (χ1v) is 7.26. The maximum atomic E-state index is 13.7. The summed E-state index contributed by atoms with van der Waals surface area (Å²) in [6, 6.07) is 6.32. The number of para-hydroxylation sites is 1. The van der Waals surface area contributed by atoms with Crippen molar-refractivity contribution in [2.45, 2.75) is 33.1 Å². The highest BCUT2D eigenvalue weighted by Crippen LogP contribution is 2.29. The molecule has 0 aliphatic rings. The van der Waals surface area contributed by atoms with Gasteiger partial charge in [0.1, 0.15) is 12.1 Å². The van der Waals surface area contributed by atoms with Crippen LogP contribution in [0.1, 0.15) is 32.3 Å². The summed E-state index contributed by atoms with van der Waals surface area (Å²) < 4.78 is 19.4. The summed E-state index contributed by atoms with van der Waals surface area (Å²) in [5.74, 6) is 0.951. The highest BCUT2D eigenvalue weighted by atomic mass is 19.1. The SMILES string of the molecule is CCCNc1ncnc(Oc2ccccc2F)c1CCC. The van der Waals surface area contributed by atoms with Crippen LogP contribution >= 0.6 is 0 Å². The molecule has 0 fully saturated rings. The van der Waals surface area contributed by atoms with Crippen molar-refractivity contribution < 1.29 is 9.13 Å². The number of anilines is 1. The standard InChI is InChI=1S/C16H20FN3O/c1-3-7-12-15(18-10-4-2)19-11-20-16(12)21-14-9-6-5-8-13(14)17/h5-6,8-9,11H,3-4,7,10H2,1-2H3,(H,18,19,20). The molecular formula is C16H20FN3O. The van der Waals surface area contributed by atoms with E-state index >= 15 is 0 Å². The molecule has 0 unspecified atom stereocenters. The summed E-state index contributed by atoms with van der Waals surface area (Å²) in [6.07, 6.45) is 4.14. The number of rotatable bonds is 7. The molecule has 1 aromatic heterocycles. The van der Waals surface area contributed by atoms with Gasteiger partial charge in [0.15, 0.2) is 11.6 Å². The zero-order valence-corrected chi connectivity index (χ0v) is 12.4. The predicted molar refractivity (Wildman–Crippen MR) is 81.3 cm³/mol. The van der Waals surface area contributed by atoms with Gasteiger partial charge in [-0.05, 0) is 25.0 Å². The molecule has 2 rings (SSSR count). The number of ether oxygens (including phenoxy) is 1. The summed E-state index contributed by atoms with van der Waals surface area (Å²) in [7, 11) is 0. The molecule has 1 aromatic carbocycles. The van der Waals surface area contributed by atoms with E-state index < -0.39 is 5.82 Å². The molecule has 2 aromatic rings. The highest BCUT2D eigenvalue weighted by molar-refractivity contribution is 5.50. The highest BCUT2D eigenvalue weighted by Gasteiger charge is 2.14. The van der Waals surface area contributed by atoms with E-state index in [1.165, 1.54) is 12.4 Å². The average molecular weight is 289 g/mol. The summed E-state index contributed by atoms with van der Waals surface area (Å²) in [5, 5.41) is 3.26. The van der Waals surface area contributed by atoms with Crippen molar-refractivity contribution >= 4 is 5.82 Å². The van der Waals surface area contributed by atoms with Crippen LogP contribution in [-0.4, -0.2) is 16.5 Å². The molecule has 5 heteroatoms. The van der Waals surface area contributed by atoms with Gasteiger partial charge in [-0.25, -0.2) is 14.4 Å². The number of halogens is 1. The third-order valence-electron chi connectivity index (χ3n) is 2.99. The van der Waals surface area contributed by atoms with Gasteiger partial charge in [0.2, 0.25) is 5.88 Å². The van der Waals surface area contributed by atoms with Crippen molar-refractivity contribution in [3.05, 3.63) is 42.0 Å². The van der Waals surface area contributed by atoms with Gasteiger partial charge in [-0.15, -0.1) is 0 Å². The monoisotopic (exact) mass is 289 g/mol. The van der Waals surface area contributed by atoms with Crippen LogP contribution in [0.3, 0.4) is 0 Å². The summed E-state index contributed by atoms with van der Waals surface area (Å²) in [6.45, 7) is 4.99. The summed E-state index contributed by atoms with van der Waals surface area (Å²) in [4.78, 5) is 8.43. The van der Waals surface area contributed by atoms with E-state index in [-0.39, 0.29) is 5.75 Å². The Labute approximate surface area is 124 Å². The van der Waals surface area contributed by atoms with Crippen LogP contribution < -0.4 is 10.1 Å². The van der Waals surface area contributed by atoms with Crippen LogP contribution in [0.25, 0.3) is 0 Å². The molecule has 21 heavy (non-hydrogen) atoms. The van der Waals surface area contributed by atoms with Crippen LogP contribution in [0.5, 0.6) is 11.6 Å². The number of aromatic nitrogens is 2. The molecule has 0 spiro atoms. The van der Waals surface area contributed by atoms with Crippen LogP contribution in [0.15, 0.2) is 30.6 Å². The first-order valence-electron chi connectivity index (χ1n) is 7.26. The van der Waals surface area contributed by atoms with Crippen molar-refractivity contribution in [3.8, 4) is 11.6 Å². The molecule has 0 bridgehead atoms. The van der Waals surface area contributed by atoms with E-state index in [2.05, 4.69) is 29.1 Å². The second-order valence-electron chi connectivity index (χ2n) is 4.72. The number of nitrogens with one attached hydrogen (secondary N) is 1. The molecule has 0 amide bonds. The Balaban J connectivity index is 2.31. The van der Waals surface area contributed by atoms with Crippen molar-refractivity contribution in [2.75, 3.05) is 11.9 Å².